The van der Waals surface area contributed by atoms with E-state index in [1.807, 2.05) is 31.2 Å². The molecule has 1 aliphatic rings. The molecule has 2 heterocycles. The van der Waals surface area contributed by atoms with Crippen LogP contribution in [0.3, 0.4) is 0 Å². The lowest BCUT2D eigenvalue weighted by atomic mass is 9.97. The van der Waals surface area contributed by atoms with E-state index >= 15 is 0 Å². The number of halogens is 1. The normalized spacial score (nSPS) is 16.3. The van der Waals surface area contributed by atoms with Gasteiger partial charge in [-0.05, 0) is 55.7 Å². The third-order valence-corrected chi connectivity index (χ3v) is 5.59. The minimum atomic E-state index is -0.230. The zero-order valence-corrected chi connectivity index (χ0v) is 17.5. The third-order valence-electron chi connectivity index (χ3n) is 5.36. The summed E-state index contributed by atoms with van der Waals surface area (Å²) >= 11 is 6.07. The van der Waals surface area contributed by atoms with Crippen molar-refractivity contribution in [3.8, 4) is 5.69 Å². The van der Waals surface area contributed by atoms with E-state index in [1.54, 1.807) is 30.3 Å². The lowest BCUT2D eigenvalue weighted by molar-refractivity contribution is -0.120. The standard InChI is InChI=1S/C23H23ClN4O2/c1-16-6-2-3-10-20(16)25-23(30)17-7-5-13-27(15-17)21-11-12-22(29)28(26-21)19-9-4-8-18(24)14-19/h2-4,6,8-12,14,17H,5,7,13,15H2,1H3,(H,25,30). The predicted molar refractivity (Wildman–Crippen MR) is 120 cm³/mol. The molecule has 154 valence electrons. The van der Waals surface area contributed by atoms with Gasteiger partial charge in [-0.25, -0.2) is 0 Å². The number of rotatable bonds is 4. The lowest BCUT2D eigenvalue weighted by Crippen LogP contribution is -2.41. The number of para-hydroxylation sites is 1. The van der Waals surface area contributed by atoms with Gasteiger partial charge in [0.25, 0.3) is 5.56 Å². The SMILES string of the molecule is Cc1ccccc1NC(=O)C1CCCN(c2ccc(=O)n(-c3cccc(Cl)c3)n2)C1. The Morgan fingerprint density at radius 2 is 1.97 bits per heavy atom. The molecular formula is C23H23ClN4O2. The van der Waals surface area contributed by atoms with Crippen LogP contribution in [0.2, 0.25) is 5.02 Å². The van der Waals surface area contributed by atoms with Crippen LogP contribution in [0, 0.1) is 12.8 Å². The molecule has 7 heteroatoms. The molecular weight excluding hydrogens is 400 g/mol. The van der Waals surface area contributed by atoms with Gasteiger partial charge in [0.2, 0.25) is 5.91 Å². The van der Waals surface area contributed by atoms with Crippen molar-refractivity contribution in [3.05, 3.63) is 81.6 Å². The molecule has 1 amide bonds. The Bertz CT molecular complexity index is 1130. The van der Waals surface area contributed by atoms with E-state index in [-0.39, 0.29) is 17.4 Å². The Labute approximate surface area is 180 Å². The zero-order chi connectivity index (χ0) is 21.1. The predicted octanol–water partition coefficient (Wildman–Crippen LogP) is 4.05. The van der Waals surface area contributed by atoms with Gasteiger partial charge >= 0.3 is 0 Å². The Balaban J connectivity index is 1.53. The molecule has 2 aromatic carbocycles. The molecule has 1 saturated heterocycles. The number of nitrogens with one attached hydrogen (secondary N) is 1. The highest BCUT2D eigenvalue weighted by molar-refractivity contribution is 6.30. The van der Waals surface area contributed by atoms with Crippen LogP contribution >= 0.6 is 11.6 Å². The maximum Gasteiger partial charge on any atom is 0.271 e. The maximum atomic E-state index is 12.8. The summed E-state index contributed by atoms with van der Waals surface area (Å²) in [6.07, 6.45) is 1.70. The average Bonchev–Trinajstić information content (AvgIpc) is 2.76. The van der Waals surface area contributed by atoms with Crippen molar-refractivity contribution >= 4 is 29.0 Å². The summed E-state index contributed by atoms with van der Waals surface area (Å²) in [5.74, 6) is 0.534. The molecule has 1 fully saturated rings. The molecule has 1 aliphatic heterocycles. The van der Waals surface area contributed by atoms with E-state index in [2.05, 4.69) is 15.3 Å². The highest BCUT2D eigenvalue weighted by atomic mass is 35.5. The Hall–Kier alpha value is -3.12. The van der Waals surface area contributed by atoms with Crippen molar-refractivity contribution in [2.75, 3.05) is 23.3 Å². The van der Waals surface area contributed by atoms with Gasteiger partial charge in [0.1, 0.15) is 5.82 Å². The number of carbonyl (C=O) groups is 1. The number of piperidine rings is 1. The highest BCUT2D eigenvalue weighted by Crippen LogP contribution is 2.24. The Morgan fingerprint density at radius 1 is 1.13 bits per heavy atom. The molecule has 4 rings (SSSR count). The van der Waals surface area contributed by atoms with Crippen molar-refractivity contribution in [2.24, 2.45) is 5.92 Å². The van der Waals surface area contributed by atoms with Crippen LogP contribution in [0.4, 0.5) is 11.5 Å². The zero-order valence-electron chi connectivity index (χ0n) is 16.7. The second kappa shape index (κ2) is 8.71. The number of hydrogen-bond donors (Lipinski definition) is 1. The minimum Gasteiger partial charge on any atom is -0.354 e. The summed E-state index contributed by atoms with van der Waals surface area (Å²) in [6, 6.07) is 18.0. The van der Waals surface area contributed by atoms with Gasteiger partial charge in [-0.3, -0.25) is 9.59 Å². The summed E-state index contributed by atoms with van der Waals surface area (Å²) in [6.45, 7) is 3.32. The fourth-order valence-electron chi connectivity index (χ4n) is 3.71. The fraction of sp³-hybridized carbons (Fsp3) is 0.261. The second-order valence-electron chi connectivity index (χ2n) is 7.51. The van der Waals surface area contributed by atoms with Gasteiger partial charge in [-0.2, -0.15) is 4.68 Å². The van der Waals surface area contributed by atoms with E-state index in [0.717, 1.165) is 30.6 Å². The average molecular weight is 423 g/mol. The first kappa shape index (κ1) is 20.2. The first-order chi connectivity index (χ1) is 14.5. The van der Waals surface area contributed by atoms with Crippen molar-refractivity contribution in [1.82, 2.24) is 9.78 Å². The van der Waals surface area contributed by atoms with Crippen LogP contribution in [-0.4, -0.2) is 28.8 Å². The smallest absolute Gasteiger partial charge is 0.271 e. The summed E-state index contributed by atoms with van der Waals surface area (Å²) < 4.78 is 1.35. The van der Waals surface area contributed by atoms with Gasteiger partial charge < -0.3 is 10.2 Å². The molecule has 30 heavy (non-hydrogen) atoms. The van der Waals surface area contributed by atoms with Crippen molar-refractivity contribution < 1.29 is 4.79 Å². The molecule has 1 aromatic heterocycles. The van der Waals surface area contributed by atoms with Crippen LogP contribution in [0.1, 0.15) is 18.4 Å². The fourth-order valence-corrected chi connectivity index (χ4v) is 3.89. The molecule has 1 unspecified atom stereocenters. The quantitative estimate of drug-likeness (QED) is 0.688. The number of hydrogen-bond acceptors (Lipinski definition) is 4. The molecule has 3 aromatic rings. The van der Waals surface area contributed by atoms with E-state index in [0.29, 0.717) is 23.1 Å². The van der Waals surface area contributed by atoms with Gasteiger partial charge in [0.05, 0.1) is 11.6 Å². The number of carbonyl (C=O) groups excluding carboxylic acids is 1. The lowest BCUT2D eigenvalue weighted by Gasteiger charge is -2.33. The molecule has 0 aliphatic carbocycles. The van der Waals surface area contributed by atoms with E-state index in [9.17, 15) is 9.59 Å². The van der Waals surface area contributed by atoms with Gasteiger partial charge in [-0.15, -0.1) is 5.10 Å². The molecule has 1 atom stereocenters. The number of aryl methyl sites for hydroxylation is 1. The van der Waals surface area contributed by atoms with E-state index < -0.39 is 0 Å². The molecule has 1 N–H and O–H groups in total. The van der Waals surface area contributed by atoms with E-state index in [1.165, 1.54) is 10.7 Å². The number of benzene rings is 2. The molecule has 0 spiro atoms. The largest absolute Gasteiger partial charge is 0.354 e. The molecule has 6 nitrogen and oxygen atoms in total. The summed E-state index contributed by atoms with van der Waals surface area (Å²) in [7, 11) is 0. The van der Waals surface area contributed by atoms with Crippen LogP contribution in [-0.2, 0) is 4.79 Å². The monoisotopic (exact) mass is 422 g/mol. The molecule has 0 radical (unpaired) electrons. The third kappa shape index (κ3) is 4.39. The minimum absolute atomic E-state index is 0.0113. The van der Waals surface area contributed by atoms with Crippen LogP contribution < -0.4 is 15.8 Å². The Morgan fingerprint density at radius 3 is 2.77 bits per heavy atom. The number of amides is 1. The summed E-state index contributed by atoms with van der Waals surface area (Å²) in [5, 5.41) is 8.13. The van der Waals surface area contributed by atoms with Crippen LogP contribution in [0.25, 0.3) is 5.69 Å². The number of anilines is 2. The number of nitrogens with zero attached hydrogens (tertiary/aromatic N) is 3. The van der Waals surface area contributed by atoms with Gasteiger partial charge in [-0.1, -0.05) is 35.9 Å². The maximum absolute atomic E-state index is 12.8. The first-order valence-corrected chi connectivity index (χ1v) is 10.4. The number of aromatic nitrogens is 2. The van der Waals surface area contributed by atoms with Crippen LogP contribution in [0.15, 0.2) is 65.5 Å². The van der Waals surface area contributed by atoms with Crippen molar-refractivity contribution in [2.45, 2.75) is 19.8 Å². The molecule has 0 saturated carbocycles. The molecule has 0 bridgehead atoms. The van der Waals surface area contributed by atoms with E-state index in [4.69, 9.17) is 11.6 Å². The van der Waals surface area contributed by atoms with Gasteiger partial charge in [0, 0.05) is 29.9 Å². The topological polar surface area (TPSA) is 67.2 Å². The Kier molecular flexibility index (Phi) is 5.86. The van der Waals surface area contributed by atoms with Crippen molar-refractivity contribution in [1.29, 1.82) is 0 Å². The summed E-state index contributed by atoms with van der Waals surface area (Å²) in [5.41, 5.74) is 2.26. The second-order valence-corrected chi connectivity index (χ2v) is 7.95. The van der Waals surface area contributed by atoms with Crippen LogP contribution in [0.5, 0.6) is 0 Å². The van der Waals surface area contributed by atoms with Gasteiger partial charge in [0.15, 0.2) is 0 Å². The first-order valence-electron chi connectivity index (χ1n) is 9.99. The van der Waals surface area contributed by atoms with Crippen molar-refractivity contribution in [3.63, 3.8) is 0 Å². The summed E-state index contributed by atoms with van der Waals surface area (Å²) in [4.78, 5) is 27.3. The highest BCUT2D eigenvalue weighted by Gasteiger charge is 2.27.